The highest BCUT2D eigenvalue weighted by Gasteiger charge is 2.08. The van der Waals surface area contributed by atoms with Gasteiger partial charge in [0.1, 0.15) is 5.75 Å². The standard InChI is InChI=1S/C21H15Cl3N2O3/c22-14-3-5-17(6-4-14)26-21(28)13-1-7-19(8-2-13)29-12-20(27)25-18-10-15(23)9-16(24)11-18/h1-11H,12H2,(H,25,27)(H,26,28). The smallest absolute Gasteiger partial charge is 0.262 e. The van der Waals surface area contributed by atoms with Crippen molar-refractivity contribution in [1.82, 2.24) is 0 Å². The van der Waals surface area contributed by atoms with Gasteiger partial charge in [0.2, 0.25) is 0 Å². The van der Waals surface area contributed by atoms with Crippen molar-refractivity contribution in [1.29, 1.82) is 0 Å². The van der Waals surface area contributed by atoms with Crippen molar-refractivity contribution in [3.8, 4) is 5.75 Å². The first-order valence-corrected chi connectivity index (χ1v) is 9.58. The van der Waals surface area contributed by atoms with Crippen LogP contribution in [0, 0.1) is 0 Å². The monoisotopic (exact) mass is 448 g/mol. The van der Waals surface area contributed by atoms with E-state index in [2.05, 4.69) is 10.6 Å². The third kappa shape index (κ3) is 6.39. The molecule has 0 bridgehead atoms. The van der Waals surface area contributed by atoms with Gasteiger partial charge >= 0.3 is 0 Å². The number of rotatable bonds is 6. The fraction of sp³-hybridized carbons (Fsp3) is 0.0476. The average Bonchev–Trinajstić information content (AvgIpc) is 2.68. The van der Waals surface area contributed by atoms with Crippen LogP contribution in [0.15, 0.2) is 66.7 Å². The maximum atomic E-state index is 12.3. The van der Waals surface area contributed by atoms with Gasteiger partial charge in [0.25, 0.3) is 11.8 Å². The number of carbonyl (C=O) groups is 2. The van der Waals surface area contributed by atoms with Crippen molar-refractivity contribution in [2.24, 2.45) is 0 Å². The summed E-state index contributed by atoms with van der Waals surface area (Å²) >= 11 is 17.6. The van der Waals surface area contributed by atoms with Gasteiger partial charge in [0, 0.05) is 32.0 Å². The van der Waals surface area contributed by atoms with Crippen LogP contribution in [0.1, 0.15) is 10.4 Å². The lowest BCUT2D eigenvalue weighted by atomic mass is 10.2. The highest BCUT2D eigenvalue weighted by Crippen LogP contribution is 2.22. The lowest BCUT2D eigenvalue weighted by molar-refractivity contribution is -0.118. The zero-order chi connectivity index (χ0) is 20.8. The highest BCUT2D eigenvalue weighted by molar-refractivity contribution is 6.35. The number of benzene rings is 3. The number of halogens is 3. The van der Waals surface area contributed by atoms with E-state index in [0.717, 1.165) is 0 Å². The molecule has 3 rings (SSSR count). The molecular weight excluding hydrogens is 435 g/mol. The number of ether oxygens (including phenoxy) is 1. The summed E-state index contributed by atoms with van der Waals surface area (Å²) in [7, 11) is 0. The fourth-order valence-corrected chi connectivity index (χ4v) is 3.06. The molecule has 0 fully saturated rings. The zero-order valence-electron chi connectivity index (χ0n) is 14.9. The summed E-state index contributed by atoms with van der Waals surface area (Å²) in [6, 6.07) is 18.0. The van der Waals surface area contributed by atoms with Gasteiger partial charge in [-0.1, -0.05) is 34.8 Å². The van der Waals surface area contributed by atoms with Crippen molar-refractivity contribution in [3.05, 3.63) is 87.4 Å². The van der Waals surface area contributed by atoms with E-state index in [4.69, 9.17) is 39.5 Å². The summed E-state index contributed by atoms with van der Waals surface area (Å²) in [5.74, 6) is -0.185. The van der Waals surface area contributed by atoms with Gasteiger partial charge in [-0.15, -0.1) is 0 Å². The van der Waals surface area contributed by atoms with Crippen molar-refractivity contribution >= 4 is 58.0 Å². The Morgan fingerprint density at radius 3 is 1.97 bits per heavy atom. The second-order valence-electron chi connectivity index (χ2n) is 5.98. The topological polar surface area (TPSA) is 67.4 Å². The van der Waals surface area contributed by atoms with Crippen LogP contribution < -0.4 is 15.4 Å². The maximum Gasteiger partial charge on any atom is 0.262 e. The minimum atomic E-state index is -0.368. The van der Waals surface area contributed by atoms with Crippen molar-refractivity contribution in [2.75, 3.05) is 17.2 Å². The average molecular weight is 450 g/mol. The third-order valence-corrected chi connectivity index (χ3v) is 4.42. The molecule has 3 aromatic carbocycles. The number of amides is 2. The molecule has 0 radical (unpaired) electrons. The number of carbonyl (C=O) groups excluding carboxylic acids is 2. The second-order valence-corrected chi connectivity index (χ2v) is 7.29. The van der Waals surface area contributed by atoms with Gasteiger partial charge in [-0.2, -0.15) is 0 Å². The molecule has 8 heteroatoms. The predicted molar refractivity (Wildman–Crippen MR) is 116 cm³/mol. The van der Waals surface area contributed by atoms with E-state index in [9.17, 15) is 9.59 Å². The molecule has 0 saturated carbocycles. The summed E-state index contributed by atoms with van der Waals surface area (Å²) in [5.41, 5.74) is 1.56. The number of anilines is 2. The SMILES string of the molecule is O=C(COc1ccc(C(=O)Nc2ccc(Cl)cc2)cc1)Nc1cc(Cl)cc(Cl)c1. The Labute approximate surface area is 182 Å². The van der Waals surface area contributed by atoms with Crippen LogP contribution >= 0.6 is 34.8 Å². The summed E-state index contributed by atoms with van der Waals surface area (Å²) in [5, 5.41) is 6.84. The van der Waals surface area contributed by atoms with Crippen LogP contribution in [-0.4, -0.2) is 18.4 Å². The Morgan fingerprint density at radius 2 is 1.34 bits per heavy atom. The molecule has 5 nitrogen and oxygen atoms in total. The van der Waals surface area contributed by atoms with E-state index in [1.807, 2.05) is 0 Å². The Morgan fingerprint density at radius 1 is 0.724 bits per heavy atom. The molecule has 0 atom stereocenters. The molecule has 0 aliphatic carbocycles. The third-order valence-electron chi connectivity index (χ3n) is 3.73. The van der Waals surface area contributed by atoms with Crippen LogP contribution in [-0.2, 0) is 4.79 Å². The van der Waals surface area contributed by atoms with E-state index >= 15 is 0 Å². The molecular formula is C21H15Cl3N2O3. The summed E-state index contributed by atoms with van der Waals surface area (Å²) in [6.45, 7) is -0.208. The summed E-state index contributed by atoms with van der Waals surface area (Å²) < 4.78 is 5.44. The lowest BCUT2D eigenvalue weighted by Crippen LogP contribution is -2.20. The molecule has 29 heavy (non-hydrogen) atoms. The fourth-order valence-electron chi connectivity index (χ4n) is 2.41. The van der Waals surface area contributed by atoms with E-state index < -0.39 is 0 Å². The molecule has 0 heterocycles. The molecule has 3 aromatic rings. The molecule has 148 valence electrons. The van der Waals surface area contributed by atoms with Crippen molar-refractivity contribution in [2.45, 2.75) is 0 Å². The Balaban J connectivity index is 1.52. The van der Waals surface area contributed by atoms with E-state index in [1.165, 1.54) is 0 Å². The molecule has 0 saturated heterocycles. The number of hydrogen-bond acceptors (Lipinski definition) is 3. The van der Waals surface area contributed by atoms with Crippen LogP contribution in [0.5, 0.6) is 5.75 Å². The van der Waals surface area contributed by atoms with Crippen LogP contribution in [0.25, 0.3) is 0 Å². The molecule has 0 aliphatic heterocycles. The van der Waals surface area contributed by atoms with Crippen LogP contribution in [0.4, 0.5) is 11.4 Å². The summed E-state index contributed by atoms with van der Waals surface area (Å²) in [6.07, 6.45) is 0. The minimum Gasteiger partial charge on any atom is -0.484 e. The predicted octanol–water partition coefficient (Wildman–Crippen LogP) is 5.92. The molecule has 0 aliphatic rings. The van der Waals surface area contributed by atoms with Gasteiger partial charge in [0.05, 0.1) is 0 Å². The normalized spacial score (nSPS) is 10.3. The molecule has 0 aromatic heterocycles. The zero-order valence-corrected chi connectivity index (χ0v) is 17.2. The number of nitrogens with one attached hydrogen (secondary N) is 2. The first kappa shape index (κ1) is 21.0. The van der Waals surface area contributed by atoms with E-state index in [1.54, 1.807) is 66.7 Å². The van der Waals surface area contributed by atoms with Gasteiger partial charge in [-0.25, -0.2) is 0 Å². The van der Waals surface area contributed by atoms with E-state index in [0.29, 0.717) is 37.8 Å². The van der Waals surface area contributed by atoms with Gasteiger partial charge in [0.15, 0.2) is 6.61 Å². The first-order valence-electron chi connectivity index (χ1n) is 8.45. The second kappa shape index (κ2) is 9.65. The maximum absolute atomic E-state index is 12.3. The Hall–Kier alpha value is -2.73. The van der Waals surface area contributed by atoms with E-state index in [-0.39, 0.29) is 18.4 Å². The highest BCUT2D eigenvalue weighted by atomic mass is 35.5. The Kier molecular flexibility index (Phi) is 6.99. The molecule has 2 N–H and O–H groups in total. The van der Waals surface area contributed by atoms with Crippen LogP contribution in [0.2, 0.25) is 15.1 Å². The molecule has 2 amide bonds. The van der Waals surface area contributed by atoms with Gasteiger partial charge in [-0.3, -0.25) is 9.59 Å². The minimum absolute atomic E-state index is 0.208. The molecule has 0 unspecified atom stereocenters. The molecule has 0 spiro atoms. The number of hydrogen-bond donors (Lipinski definition) is 2. The largest absolute Gasteiger partial charge is 0.484 e. The lowest BCUT2D eigenvalue weighted by Gasteiger charge is -2.09. The van der Waals surface area contributed by atoms with Gasteiger partial charge < -0.3 is 15.4 Å². The van der Waals surface area contributed by atoms with Crippen molar-refractivity contribution < 1.29 is 14.3 Å². The quantitative estimate of drug-likeness (QED) is 0.491. The van der Waals surface area contributed by atoms with Gasteiger partial charge in [-0.05, 0) is 66.7 Å². The van der Waals surface area contributed by atoms with Crippen molar-refractivity contribution in [3.63, 3.8) is 0 Å². The first-order chi connectivity index (χ1) is 13.9. The van der Waals surface area contributed by atoms with Crippen LogP contribution in [0.3, 0.4) is 0 Å². The Bertz CT molecular complexity index is 1000. The summed E-state index contributed by atoms with van der Waals surface area (Å²) in [4.78, 5) is 24.3.